The van der Waals surface area contributed by atoms with E-state index in [1.807, 2.05) is 0 Å². The third kappa shape index (κ3) is 5.09. The van der Waals surface area contributed by atoms with Gasteiger partial charge in [0.2, 0.25) is 0 Å². The number of ether oxygens (including phenoxy) is 1. The van der Waals surface area contributed by atoms with Gasteiger partial charge in [-0.1, -0.05) is 74.9 Å². The second-order valence-corrected chi connectivity index (χ2v) is 4.12. The van der Waals surface area contributed by atoms with Gasteiger partial charge in [-0.05, 0) is 31.3 Å². The van der Waals surface area contributed by atoms with Gasteiger partial charge in [0, 0.05) is 34.7 Å². The summed E-state index contributed by atoms with van der Waals surface area (Å²) in [6.45, 7) is -25.3. The molecule has 0 aromatic heterocycles. The maximum Gasteiger partial charge on any atom is 0.344 e. The topological polar surface area (TPSA) is 49.8 Å². The molecule has 2 rings (SSSR count). The van der Waals surface area contributed by atoms with Crippen LogP contribution in [0.2, 0.25) is 0 Å². The summed E-state index contributed by atoms with van der Waals surface area (Å²) in [5.74, 6) is -5.87. The number of benzene rings is 1. The van der Waals surface area contributed by atoms with E-state index in [2.05, 4.69) is 4.74 Å². The highest BCUT2D eigenvalue weighted by molar-refractivity contribution is 5.81. The van der Waals surface area contributed by atoms with E-state index >= 15 is 0 Å². The van der Waals surface area contributed by atoms with Crippen LogP contribution in [0, 0.1) is 17.7 Å². The Morgan fingerprint density at radius 1 is 1.38 bits per heavy atom. The molecule has 1 aliphatic rings. The molecule has 0 heterocycles. The Morgan fingerprint density at radius 3 is 2.73 bits per heavy atom. The van der Waals surface area contributed by atoms with Crippen molar-refractivity contribution < 1.29 is 55.8 Å². The van der Waals surface area contributed by atoms with Crippen LogP contribution in [0.4, 0.5) is 0 Å². The van der Waals surface area contributed by atoms with Gasteiger partial charge in [-0.15, -0.1) is 0 Å². The summed E-state index contributed by atoms with van der Waals surface area (Å²) >= 11 is 0. The number of rotatable bonds is 7. The molecule has 0 aliphatic heterocycles. The van der Waals surface area contributed by atoms with Crippen LogP contribution in [0.1, 0.15) is 92.3 Å². The molecule has 1 aromatic rings. The van der Waals surface area contributed by atoms with Gasteiger partial charge in [0.15, 0.2) is 12.2 Å². The molecule has 1 fully saturated rings. The SMILES string of the molecule is [2H]c1c([2H])c([2H])c([C@@](O)(C(=O)OC([2H])([2H])C#CC([2H])([2H])N(C([2H])([2H])C([2H])([2H])[2H])C([2H])([2H])C([2H])([2H])[2H])C2([2H])C([2H])([2H])C([2H])([2H])C([2H])([2H])C([2H])([2H])C2([2H])[2H])c([2H])c1[2H]. The van der Waals surface area contributed by atoms with Crippen molar-refractivity contribution in [2.24, 2.45) is 5.89 Å². The normalized spacial score (nSPS) is 48.2. The Morgan fingerprint density at radius 2 is 2.08 bits per heavy atom. The predicted molar refractivity (Wildman–Crippen MR) is 103 cm³/mol. The summed E-state index contributed by atoms with van der Waals surface area (Å²) < 4.78 is 245. The minimum Gasteiger partial charge on any atom is -0.450 e. The average molecular weight is 388 g/mol. The summed E-state index contributed by atoms with van der Waals surface area (Å²) in [5, 5.41) is 12.2. The van der Waals surface area contributed by atoms with Crippen molar-refractivity contribution in [3.05, 3.63) is 35.8 Å². The monoisotopic (exact) mass is 387 g/mol. The number of hydrogen-bond acceptors (Lipinski definition) is 4. The lowest BCUT2D eigenvalue weighted by Gasteiger charge is -2.36. The second-order valence-electron chi connectivity index (χ2n) is 4.12. The van der Waals surface area contributed by atoms with Crippen LogP contribution in [0.25, 0.3) is 0 Å². The first kappa shape index (κ1) is 4.26. The Kier molecular flexibility index (Phi) is 1.70. The lowest BCUT2D eigenvalue weighted by Crippen LogP contribution is -2.45. The molecule has 1 N–H and O–H groups in total. The fraction of sp³-hybridized carbons (Fsp3) is 0.591. The van der Waals surface area contributed by atoms with E-state index in [1.165, 1.54) is 0 Å². The molecule has 0 radical (unpaired) electrons. The third-order valence-corrected chi connectivity index (χ3v) is 2.67. The third-order valence-electron chi connectivity index (χ3n) is 2.67. The molecule has 1 saturated carbocycles. The van der Waals surface area contributed by atoms with Crippen LogP contribution in [0.5, 0.6) is 0 Å². The van der Waals surface area contributed by atoms with Crippen molar-refractivity contribution in [1.82, 2.24) is 4.90 Å². The predicted octanol–water partition coefficient (Wildman–Crippen LogP) is 3.34. The van der Waals surface area contributed by atoms with Crippen molar-refractivity contribution in [2.45, 2.75) is 51.2 Å². The van der Waals surface area contributed by atoms with Gasteiger partial charge in [-0.25, -0.2) is 4.79 Å². The fourth-order valence-electron chi connectivity index (χ4n) is 1.53. The largest absolute Gasteiger partial charge is 0.450 e. The molecule has 0 spiro atoms. The number of carbonyl (C=O) groups is 1. The highest BCUT2D eigenvalue weighted by atomic mass is 16.5. The first-order valence-corrected chi connectivity index (χ1v) is 6.51. The smallest absolute Gasteiger partial charge is 0.344 e. The molecular weight excluding hydrogens is 326 g/mol. The van der Waals surface area contributed by atoms with E-state index in [0.29, 0.717) is 0 Å². The van der Waals surface area contributed by atoms with Crippen LogP contribution in [-0.4, -0.2) is 42.0 Å². The zero-order valence-electron chi connectivity index (χ0n) is 42.7. The van der Waals surface area contributed by atoms with Crippen molar-refractivity contribution in [2.75, 3.05) is 26.0 Å². The Balaban J connectivity index is 3.15. The Labute approximate surface area is 199 Å². The molecule has 1 aromatic carbocycles. The quantitative estimate of drug-likeness (QED) is 0.576. The van der Waals surface area contributed by atoms with E-state index in [0.717, 1.165) is 11.8 Å². The van der Waals surface area contributed by atoms with Crippen LogP contribution >= 0.6 is 0 Å². The summed E-state index contributed by atoms with van der Waals surface area (Å²) in [6.07, 6.45) is -23.0. The van der Waals surface area contributed by atoms with Crippen molar-refractivity contribution in [3.63, 3.8) is 0 Å². The maximum atomic E-state index is 14.1. The van der Waals surface area contributed by atoms with Crippen LogP contribution in [-0.2, 0) is 15.1 Å². The first-order chi connectivity index (χ1) is 24.1. The molecule has 1 atom stereocenters. The zero-order valence-corrected chi connectivity index (χ0v) is 12.7. The number of nitrogens with zero attached hydrogens (tertiary/aromatic N) is 1. The lowest BCUT2D eigenvalue weighted by molar-refractivity contribution is -0.174. The van der Waals surface area contributed by atoms with Gasteiger partial charge < -0.3 is 9.84 Å². The van der Waals surface area contributed by atoms with Gasteiger partial charge in [-0.2, -0.15) is 0 Å². The number of aliphatic hydroxyl groups is 1. The average Bonchev–Trinajstić information content (AvgIpc) is 2.98. The van der Waals surface area contributed by atoms with Gasteiger partial charge in [-0.3, -0.25) is 4.90 Å². The van der Waals surface area contributed by atoms with E-state index in [4.69, 9.17) is 41.1 Å². The minimum absolute atomic E-state index is 1.07. The van der Waals surface area contributed by atoms with Crippen molar-refractivity contribution >= 4 is 5.97 Å². The standard InChI is InChI=1S/C22H31NO3/c1-3-23(4-2)17-11-12-18-26-21(24)22(25,19-13-7-5-8-14-19)20-15-9-6-10-16-20/h5,7-8,13-14,20,25H,3-4,6,9-10,15-18H2,1-2H3/t22-/m0/s1/i1D3,2D3,3D2,4D2,5D,6D2,7D,8D,9D2,10D2,13D,14D,15D2,16D2,17D2,18D2,20D. The number of hydrogen-bond donors (Lipinski definition) is 1. The molecule has 1 aliphatic carbocycles. The first-order valence-electron chi connectivity index (χ1n) is 21.5. The molecule has 0 saturated heterocycles. The lowest BCUT2D eigenvalue weighted by atomic mass is 9.73. The summed E-state index contributed by atoms with van der Waals surface area (Å²) in [5.41, 5.74) is -7.16. The van der Waals surface area contributed by atoms with Crippen molar-refractivity contribution in [1.29, 1.82) is 0 Å². The van der Waals surface area contributed by atoms with Gasteiger partial charge >= 0.3 is 5.97 Å². The van der Waals surface area contributed by atoms with Gasteiger partial charge in [0.25, 0.3) is 0 Å². The minimum atomic E-state index is -5.08. The fourth-order valence-corrected chi connectivity index (χ4v) is 1.53. The van der Waals surface area contributed by atoms with Crippen LogP contribution in [0.3, 0.4) is 0 Å². The number of esters is 1. The summed E-state index contributed by atoms with van der Waals surface area (Å²) in [6, 6.07) is -7.99. The van der Waals surface area contributed by atoms with Gasteiger partial charge in [0.05, 0.1) is 18.8 Å². The Hall–Kier alpha value is -1.83. The zero-order chi connectivity index (χ0) is 45.2. The molecule has 142 valence electrons. The Bertz CT molecular complexity index is 1730. The summed E-state index contributed by atoms with van der Waals surface area (Å²) in [7, 11) is 0. The molecule has 26 heavy (non-hydrogen) atoms. The van der Waals surface area contributed by atoms with E-state index in [-0.39, 0.29) is 0 Å². The van der Waals surface area contributed by atoms with Crippen LogP contribution < -0.4 is 0 Å². The molecule has 0 unspecified atom stereocenters. The summed E-state index contributed by atoms with van der Waals surface area (Å²) in [4.78, 5) is 13.0. The highest BCUT2D eigenvalue weighted by Gasteiger charge is 2.46. The molecule has 4 heteroatoms. The van der Waals surface area contributed by atoms with E-state index in [1.54, 1.807) is 0 Å². The molecule has 4 nitrogen and oxygen atoms in total. The molecule has 0 amide bonds. The highest BCUT2D eigenvalue weighted by Crippen LogP contribution is 2.40. The van der Waals surface area contributed by atoms with E-state index < -0.39 is 130 Å². The van der Waals surface area contributed by atoms with Crippen molar-refractivity contribution in [3.8, 4) is 11.8 Å². The van der Waals surface area contributed by atoms with Gasteiger partial charge in [0.1, 0.15) is 0 Å². The van der Waals surface area contributed by atoms with Crippen LogP contribution in [0.15, 0.2) is 30.2 Å². The van der Waals surface area contributed by atoms with E-state index in [9.17, 15) is 9.90 Å². The molecular formula is C22H31NO3. The molecule has 0 bridgehead atoms. The maximum absolute atomic E-state index is 14.1. The number of carbonyl (C=O) groups excluding carboxylic acids is 1. The second kappa shape index (κ2) is 10.4.